The van der Waals surface area contributed by atoms with Crippen LogP contribution in [0.25, 0.3) is 5.69 Å². The largest absolute Gasteiger partial charge is 0.326 e. The Morgan fingerprint density at radius 2 is 2.00 bits per heavy atom. The molecule has 1 fully saturated rings. The number of nitrogens with zero attached hydrogens (tertiary/aromatic N) is 3. The van der Waals surface area contributed by atoms with Crippen LogP contribution in [0, 0.1) is 5.82 Å². The van der Waals surface area contributed by atoms with Crippen molar-refractivity contribution in [3.8, 4) is 5.69 Å². The first-order valence-corrected chi connectivity index (χ1v) is 9.79. The average molecular weight is 382 g/mol. The maximum absolute atomic E-state index is 13.1. The van der Waals surface area contributed by atoms with Crippen LogP contribution in [0.15, 0.2) is 53.7 Å². The van der Waals surface area contributed by atoms with Gasteiger partial charge >= 0.3 is 0 Å². The Morgan fingerprint density at radius 1 is 1.22 bits per heavy atom. The number of benzene rings is 2. The van der Waals surface area contributed by atoms with Crippen molar-refractivity contribution in [2.75, 3.05) is 5.32 Å². The number of hydrogen-bond donors (Lipinski definition) is 1. The topological polar surface area (TPSA) is 59.8 Å². The van der Waals surface area contributed by atoms with Gasteiger partial charge in [-0.25, -0.2) is 4.39 Å². The molecule has 4 rings (SSSR count). The van der Waals surface area contributed by atoms with Crippen LogP contribution in [-0.4, -0.2) is 20.7 Å². The summed E-state index contributed by atoms with van der Waals surface area (Å²) in [4.78, 5) is 11.4. The Morgan fingerprint density at radius 3 is 2.70 bits per heavy atom. The molecule has 3 aromatic rings. The number of carbonyl (C=O) groups is 1. The molecule has 1 heterocycles. The Bertz CT molecular complexity index is 966. The predicted molar refractivity (Wildman–Crippen MR) is 104 cm³/mol. The Kier molecular flexibility index (Phi) is 4.94. The van der Waals surface area contributed by atoms with Gasteiger partial charge in [-0.1, -0.05) is 30.0 Å². The smallest absolute Gasteiger partial charge is 0.221 e. The zero-order chi connectivity index (χ0) is 18.8. The second kappa shape index (κ2) is 7.52. The van der Waals surface area contributed by atoms with Crippen molar-refractivity contribution in [1.82, 2.24) is 14.8 Å². The van der Waals surface area contributed by atoms with E-state index in [0.29, 0.717) is 11.7 Å². The van der Waals surface area contributed by atoms with Crippen LogP contribution in [0.1, 0.15) is 37.1 Å². The van der Waals surface area contributed by atoms with Gasteiger partial charge in [-0.05, 0) is 48.7 Å². The van der Waals surface area contributed by atoms with Crippen LogP contribution < -0.4 is 5.32 Å². The van der Waals surface area contributed by atoms with Crippen LogP contribution in [0.4, 0.5) is 10.1 Å². The van der Waals surface area contributed by atoms with Crippen LogP contribution in [0.2, 0.25) is 0 Å². The first kappa shape index (κ1) is 17.7. The number of anilines is 1. The van der Waals surface area contributed by atoms with E-state index in [2.05, 4.69) is 20.1 Å². The maximum Gasteiger partial charge on any atom is 0.221 e. The quantitative estimate of drug-likeness (QED) is 0.636. The molecule has 138 valence electrons. The van der Waals surface area contributed by atoms with Crippen LogP contribution >= 0.6 is 11.8 Å². The lowest BCUT2D eigenvalue weighted by Crippen LogP contribution is -2.07. The van der Waals surface area contributed by atoms with Gasteiger partial charge in [0, 0.05) is 24.3 Å². The summed E-state index contributed by atoms with van der Waals surface area (Å²) in [5.41, 5.74) is 2.69. The molecule has 0 spiro atoms. The van der Waals surface area contributed by atoms with Crippen molar-refractivity contribution < 1.29 is 9.18 Å². The molecule has 1 aromatic heterocycles. The zero-order valence-electron chi connectivity index (χ0n) is 14.9. The fourth-order valence-corrected chi connectivity index (χ4v) is 3.79. The Labute approximate surface area is 161 Å². The number of hydrogen-bond acceptors (Lipinski definition) is 4. The van der Waals surface area contributed by atoms with Crippen molar-refractivity contribution in [3.05, 3.63) is 65.7 Å². The van der Waals surface area contributed by atoms with Gasteiger partial charge in [0.25, 0.3) is 0 Å². The van der Waals surface area contributed by atoms with Crippen molar-refractivity contribution >= 4 is 23.4 Å². The molecule has 1 amide bonds. The molecule has 0 unspecified atom stereocenters. The first-order chi connectivity index (χ1) is 13.1. The van der Waals surface area contributed by atoms with Crippen molar-refractivity contribution in [1.29, 1.82) is 0 Å². The summed E-state index contributed by atoms with van der Waals surface area (Å²) in [6.45, 7) is 1.49. The highest BCUT2D eigenvalue weighted by molar-refractivity contribution is 7.98. The highest BCUT2D eigenvalue weighted by atomic mass is 32.2. The van der Waals surface area contributed by atoms with Gasteiger partial charge in [-0.3, -0.25) is 9.36 Å². The lowest BCUT2D eigenvalue weighted by molar-refractivity contribution is -0.114. The highest BCUT2D eigenvalue weighted by Crippen LogP contribution is 2.41. The van der Waals surface area contributed by atoms with E-state index in [0.717, 1.165) is 40.8 Å². The van der Waals surface area contributed by atoms with Gasteiger partial charge in [-0.2, -0.15) is 0 Å². The lowest BCUT2D eigenvalue weighted by atomic mass is 10.2. The number of rotatable bonds is 6. The van der Waals surface area contributed by atoms with E-state index in [1.165, 1.54) is 19.1 Å². The molecule has 1 saturated carbocycles. The number of carbonyl (C=O) groups excluding carboxylic acids is 1. The molecule has 27 heavy (non-hydrogen) atoms. The predicted octanol–water partition coefficient (Wildman–Crippen LogP) is 4.53. The molecule has 1 aliphatic rings. The summed E-state index contributed by atoms with van der Waals surface area (Å²) in [5.74, 6) is 1.72. The Hall–Kier alpha value is -2.67. The number of aromatic nitrogens is 3. The lowest BCUT2D eigenvalue weighted by Gasteiger charge is -2.12. The van der Waals surface area contributed by atoms with E-state index in [-0.39, 0.29) is 11.7 Å². The molecule has 0 radical (unpaired) electrons. The van der Waals surface area contributed by atoms with E-state index in [1.54, 1.807) is 23.9 Å². The minimum atomic E-state index is -0.238. The van der Waals surface area contributed by atoms with E-state index in [1.807, 2.05) is 24.3 Å². The summed E-state index contributed by atoms with van der Waals surface area (Å²) >= 11 is 1.57. The number of halogens is 1. The van der Waals surface area contributed by atoms with E-state index < -0.39 is 0 Å². The first-order valence-electron chi connectivity index (χ1n) is 8.81. The summed E-state index contributed by atoms with van der Waals surface area (Å²) in [6, 6.07) is 14.2. The molecule has 1 aliphatic carbocycles. The average Bonchev–Trinajstić information content (AvgIpc) is 3.40. The molecule has 0 saturated heterocycles. The van der Waals surface area contributed by atoms with Gasteiger partial charge in [-0.15, -0.1) is 10.2 Å². The molecule has 7 heteroatoms. The molecule has 0 aliphatic heterocycles. The van der Waals surface area contributed by atoms with Gasteiger partial charge in [0.05, 0.1) is 5.69 Å². The van der Waals surface area contributed by atoms with Crippen LogP contribution in [0.5, 0.6) is 0 Å². The number of nitrogens with one attached hydrogen (secondary N) is 1. The highest BCUT2D eigenvalue weighted by Gasteiger charge is 2.31. The van der Waals surface area contributed by atoms with Gasteiger partial charge < -0.3 is 5.32 Å². The fourth-order valence-electron chi connectivity index (χ4n) is 2.88. The van der Waals surface area contributed by atoms with Crippen molar-refractivity contribution in [3.63, 3.8) is 0 Å². The minimum absolute atomic E-state index is 0.107. The molecular formula is C20H19FN4OS. The maximum atomic E-state index is 13.1. The molecule has 2 aromatic carbocycles. The third kappa shape index (κ3) is 4.19. The monoisotopic (exact) mass is 382 g/mol. The standard InChI is InChI=1S/C20H19FN4OS/c1-13(26)22-17-3-2-4-18(11-17)25-19(15-7-8-15)23-24-20(25)27-12-14-5-9-16(21)10-6-14/h2-6,9-11,15H,7-8,12H2,1H3,(H,22,26). The molecule has 1 N–H and O–H groups in total. The zero-order valence-corrected chi connectivity index (χ0v) is 15.7. The SMILES string of the molecule is CC(=O)Nc1cccc(-n2c(SCc3ccc(F)cc3)nnc2C2CC2)c1. The van der Waals surface area contributed by atoms with E-state index in [9.17, 15) is 9.18 Å². The minimum Gasteiger partial charge on any atom is -0.326 e. The summed E-state index contributed by atoms with van der Waals surface area (Å²) in [7, 11) is 0. The van der Waals surface area contributed by atoms with Gasteiger partial charge in [0.2, 0.25) is 5.91 Å². The third-order valence-electron chi connectivity index (χ3n) is 4.31. The molecule has 0 bridgehead atoms. The number of amides is 1. The summed E-state index contributed by atoms with van der Waals surface area (Å²) in [6.07, 6.45) is 2.23. The summed E-state index contributed by atoms with van der Waals surface area (Å²) < 4.78 is 15.2. The van der Waals surface area contributed by atoms with Crippen LogP contribution in [0.3, 0.4) is 0 Å². The summed E-state index contributed by atoms with van der Waals surface area (Å²) in [5, 5.41) is 12.4. The van der Waals surface area contributed by atoms with Gasteiger partial charge in [0.15, 0.2) is 5.16 Å². The second-order valence-electron chi connectivity index (χ2n) is 6.60. The number of thioether (sulfide) groups is 1. The van der Waals surface area contributed by atoms with E-state index in [4.69, 9.17) is 0 Å². The third-order valence-corrected chi connectivity index (χ3v) is 5.31. The van der Waals surface area contributed by atoms with E-state index >= 15 is 0 Å². The molecular weight excluding hydrogens is 363 g/mol. The fraction of sp³-hybridized carbons (Fsp3) is 0.250. The molecule has 0 atom stereocenters. The van der Waals surface area contributed by atoms with Crippen molar-refractivity contribution in [2.24, 2.45) is 0 Å². The van der Waals surface area contributed by atoms with Crippen molar-refractivity contribution in [2.45, 2.75) is 36.6 Å². The van der Waals surface area contributed by atoms with Crippen LogP contribution in [-0.2, 0) is 10.5 Å². The molecule has 5 nitrogen and oxygen atoms in total. The van der Waals surface area contributed by atoms with Gasteiger partial charge in [0.1, 0.15) is 11.6 Å². The normalized spacial score (nSPS) is 13.6. The second-order valence-corrected chi connectivity index (χ2v) is 7.54. The Balaban J connectivity index is 1.63.